The molecule has 0 aliphatic carbocycles. The number of carbonyl (C=O) groups is 3. The van der Waals surface area contributed by atoms with Crippen LogP contribution < -0.4 is 11.3 Å². The van der Waals surface area contributed by atoms with Gasteiger partial charge in [0.25, 0.3) is 0 Å². The summed E-state index contributed by atoms with van der Waals surface area (Å²) >= 11 is 0. The molecule has 1 aliphatic heterocycles. The highest BCUT2D eigenvalue weighted by Gasteiger charge is 2.27. The molecule has 7 nitrogen and oxygen atoms in total. The second-order valence-electron chi connectivity index (χ2n) is 5.06. The summed E-state index contributed by atoms with van der Waals surface area (Å²) in [4.78, 5) is 37.6. The standard InChI is InChI=1S/C14H18N4O3/c1-17-8-14(21)18(9-13(17)20)7-11-4-2-10(3-5-11)6-12(19)16-15/h2-5H,6-9,15H2,1H3,(H,16,19). The number of amides is 3. The van der Waals surface area contributed by atoms with Gasteiger partial charge in [-0.15, -0.1) is 0 Å². The third-order valence-electron chi connectivity index (χ3n) is 3.40. The SMILES string of the molecule is CN1CC(=O)N(Cc2ccc(CC(=O)NN)cc2)CC1=O. The molecule has 7 heteroatoms. The molecule has 1 fully saturated rings. The average Bonchev–Trinajstić information content (AvgIpc) is 2.46. The van der Waals surface area contributed by atoms with Crippen molar-refractivity contribution >= 4 is 17.7 Å². The van der Waals surface area contributed by atoms with Crippen LogP contribution in [-0.2, 0) is 27.3 Å². The van der Waals surface area contributed by atoms with Gasteiger partial charge in [-0.1, -0.05) is 24.3 Å². The largest absolute Gasteiger partial charge is 0.335 e. The maximum absolute atomic E-state index is 11.9. The van der Waals surface area contributed by atoms with E-state index in [-0.39, 0.29) is 37.2 Å². The van der Waals surface area contributed by atoms with E-state index in [1.807, 2.05) is 24.3 Å². The second-order valence-corrected chi connectivity index (χ2v) is 5.06. The van der Waals surface area contributed by atoms with Crippen molar-refractivity contribution in [1.29, 1.82) is 0 Å². The summed E-state index contributed by atoms with van der Waals surface area (Å²) < 4.78 is 0. The van der Waals surface area contributed by atoms with Crippen molar-refractivity contribution in [2.45, 2.75) is 13.0 Å². The van der Waals surface area contributed by atoms with Crippen LogP contribution in [0.4, 0.5) is 0 Å². The lowest BCUT2D eigenvalue weighted by Crippen LogP contribution is -2.51. The molecule has 1 aliphatic rings. The molecule has 2 rings (SSSR count). The van der Waals surface area contributed by atoms with Gasteiger partial charge < -0.3 is 9.80 Å². The van der Waals surface area contributed by atoms with Gasteiger partial charge in [-0.05, 0) is 11.1 Å². The zero-order valence-electron chi connectivity index (χ0n) is 11.8. The number of nitrogens with zero attached hydrogens (tertiary/aromatic N) is 2. The van der Waals surface area contributed by atoms with E-state index in [0.717, 1.165) is 11.1 Å². The highest BCUT2D eigenvalue weighted by Crippen LogP contribution is 2.11. The van der Waals surface area contributed by atoms with Gasteiger partial charge in [-0.3, -0.25) is 19.8 Å². The third kappa shape index (κ3) is 3.79. The van der Waals surface area contributed by atoms with Crippen molar-refractivity contribution in [3.05, 3.63) is 35.4 Å². The van der Waals surface area contributed by atoms with E-state index in [2.05, 4.69) is 5.43 Å². The van der Waals surface area contributed by atoms with Crippen LogP contribution in [0, 0.1) is 0 Å². The molecule has 1 aromatic rings. The van der Waals surface area contributed by atoms with Crippen molar-refractivity contribution in [2.24, 2.45) is 5.84 Å². The third-order valence-corrected chi connectivity index (χ3v) is 3.40. The van der Waals surface area contributed by atoms with Crippen molar-refractivity contribution in [2.75, 3.05) is 20.1 Å². The van der Waals surface area contributed by atoms with E-state index in [0.29, 0.717) is 6.54 Å². The number of piperazine rings is 1. The summed E-state index contributed by atoms with van der Waals surface area (Å²) in [6.07, 6.45) is 0.211. The van der Waals surface area contributed by atoms with Crippen LogP contribution in [0.1, 0.15) is 11.1 Å². The van der Waals surface area contributed by atoms with E-state index in [1.54, 1.807) is 7.05 Å². The van der Waals surface area contributed by atoms with Crippen LogP contribution >= 0.6 is 0 Å². The molecule has 3 N–H and O–H groups in total. The normalized spacial score (nSPS) is 15.3. The van der Waals surface area contributed by atoms with Gasteiger partial charge in [0, 0.05) is 13.6 Å². The fourth-order valence-corrected chi connectivity index (χ4v) is 2.13. The zero-order chi connectivity index (χ0) is 15.4. The molecular weight excluding hydrogens is 272 g/mol. The Bertz CT molecular complexity index is 556. The first-order chi connectivity index (χ1) is 9.99. The fraction of sp³-hybridized carbons (Fsp3) is 0.357. The lowest BCUT2D eigenvalue weighted by molar-refractivity contribution is -0.149. The van der Waals surface area contributed by atoms with Gasteiger partial charge in [0.05, 0.1) is 13.0 Å². The number of likely N-dealkylation sites (N-methyl/N-ethyl adjacent to an activating group) is 1. The Kier molecular flexibility index (Phi) is 4.54. The fourth-order valence-electron chi connectivity index (χ4n) is 2.13. The van der Waals surface area contributed by atoms with Crippen LogP contribution in [0.5, 0.6) is 0 Å². The molecule has 21 heavy (non-hydrogen) atoms. The lowest BCUT2D eigenvalue weighted by atomic mass is 10.1. The summed E-state index contributed by atoms with van der Waals surface area (Å²) in [5.74, 6) is 4.64. The molecule has 0 aromatic heterocycles. The van der Waals surface area contributed by atoms with E-state index >= 15 is 0 Å². The number of nitrogens with one attached hydrogen (secondary N) is 1. The van der Waals surface area contributed by atoms with Crippen LogP contribution in [-0.4, -0.2) is 47.7 Å². The Morgan fingerprint density at radius 1 is 1.14 bits per heavy atom. The number of nitrogens with two attached hydrogens (primary N) is 1. The van der Waals surface area contributed by atoms with E-state index < -0.39 is 0 Å². The van der Waals surface area contributed by atoms with Gasteiger partial charge >= 0.3 is 0 Å². The van der Waals surface area contributed by atoms with Gasteiger partial charge in [0.1, 0.15) is 6.54 Å². The van der Waals surface area contributed by atoms with Crippen LogP contribution in [0.25, 0.3) is 0 Å². The zero-order valence-corrected chi connectivity index (χ0v) is 11.8. The molecule has 0 bridgehead atoms. The number of benzene rings is 1. The van der Waals surface area contributed by atoms with Gasteiger partial charge in [0.15, 0.2) is 0 Å². The van der Waals surface area contributed by atoms with Crippen molar-refractivity contribution in [3.8, 4) is 0 Å². The number of carbonyl (C=O) groups excluding carboxylic acids is 3. The Morgan fingerprint density at radius 3 is 2.38 bits per heavy atom. The van der Waals surface area contributed by atoms with Crippen molar-refractivity contribution in [3.63, 3.8) is 0 Å². The summed E-state index contributed by atoms with van der Waals surface area (Å²) in [6, 6.07) is 7.31. The minimum absolute atomic E-state index is 0.0640. The minimum Gasteiger partial charge on any atom is -0.335 e. The molecule has 0 spiro atoms. The first-order valence-corrected chi connectivity index (χ1v) is 6.58. The maximum Gasteiger partial charge on any atom is 0.242 e. The smallest absolute Gasteiger partial charge is 0.242 e. The predicted molar refractivity (Wildman–Crippen MR) is 75.5 cm³/mol. The summed E-state index contributed by atoms with van der Waals surface area (Å²) in [5.41, 5.74) is 3.82. The van der Waals surface area contributed by atoms with Gasteiger partial charge in [-0.25, -0.2) is 5.84 Å². The number of rotatable bonds is 4. The quantitative estimate of drug-likeness (QED) is 0.423. The molecular formula is C14H18N4O3. The molecule has 1 heterocycles. The van der Waals surface area contributed by atoms with Gasteiger partial charge in [0.2, 0.25) is 17.7 Å². The van der Waals surface area contributed by atoms with Gasteiger partial charge in [-0.2, -0.15) is 0 Å². The molecule has 0 saturated carbocycles. The Labute approximate surface area is 122 Å². The molecule has 0 radical (unpaired) electrons. The number of hydrogen-bond acceptors (Lipinski definition) is 4. The Hall–Kier alpha value is -2.41. The minimum atomic E-state index is -0.261. The Morgan fingerprint density at radius 2 is 1.76 bits per heavy atom. The summed E-state index contributed by atoms with van der Waals surface area (Å²) in [6.45, 7) is 0.613. The second kappa shape index (κ2) is 6.36. The monoisotopic (exact) mass is 290 g/mol. The highest BCUT2D eigenvalue weighted by molar-refractivity contribution is 5.92. The first-order valence-electron chi connectivity index (χ1n) is 6.58. The summed E-state index contributed by atoms with van der Waals surface area (Å²) in [7, 11) is 1.62. The Balaban J connectivity index is 1.98. The van der Waals surface area contributed by atoms with Crippen molar-refractivity contribution in [1.82, 2.24) is 15.2 Å². The highest BCUT2D eigenvalue weighted by atomic mass is 16.2. The topological polar surface area (TPSA) is 95.7 Å². The predicted octanol–water partition coefficient (Wildman–Crippen LogP) is -0.980. The first kappa shape index (κ1) is 15.0. The number of hydrazine groups is 1. The lowest BCUT2D eigenvalue weighted by Gasteiger charge is -2.31. The van der Waals surface area contributed by atoms with E-state index in [1.165, 1.54) is 9.80 Å². The van der Waals surface area contributed by atoms with E-state index in [9.17, 15) is 14.4 Å². The number of hydrogen-bond donors (Lipinski definition) is 2. The molecule has 1 aromatic carbocycles. The van der Waals surface area contributed by atoms with Crippen LogP contribution in [0.2, 0.25) is 0 Å². The van der Waals surface area contributed by atoms with E-state index in [4.69, 9.17) is 5.84 Å². The molecule has 112 valence electrons. The molecule has 0 unspecified atom stereocenters. The van der Waals surface area contributed by atoms with Crippen LogP contribution in [0.3, 0.4) is 0 Å². The molecule has 3 amide bonds. The molecule has 0 atom stereocenters. The van der Waals surface area contributed by atoms with Crippen LogP contribution in [0.15, 0.2) is 24.3 Å². The summed E-state index contributed by atoms with van der Waals surface area (Å²) in [5, 5.41) is 0. The van der Waals surface area contributed by atoms with Crippen molar-refractivity contribution < 1.29 is 14.4 Å². The molecule has 1 saturated heterocycles. The average molecular weight is 290 g/mol. The maximum atomic E-state index is 11.9.